The standard InChI is InChI=1S/C16H22N2O2/c1-12-4-3-7-18(15(12)11-19)10-14-6-5-13(9-17)8-16(14)20-2/h5-6,8,12,15,19H,3-4,7,10-11H2,1-2H3. The summed E-state index contributed by atoms with van der Waals surface area (Å²) in [5, 5.41) is 18.5. The molecule has 0 amide bonds. The molecule has 1 fully saturated rings. The van der Waals surface area contributed by atoms with Crippen molar-refractivity contribution in [2.45, 2.75) is 32.4 Å². The maximum atomic E-state index is 9.60. The second-order valence-electron chi connectivity index (χ2n) is 5.48. The molecule has 2 unspecified atom stereocenters. The minimum absolute atomic E-state index is 0.194. The molecule has 1 aromatic carbocycles. The second kappa shape index (κ2) is 6.74. The van der Waals surface area contributed by atoms with Gasteiger partial charge in [-0.15, -0.1) is 0 Å². The summed E-state index contributed by atoms with van der Waals surface area (Å²) in [4.78, 5) is 2.32. The number of hydrogen-bond donors (Lipinski definition) is 1. The van der Waals surface area contributed by atoms with E-state index in [1.54, 1.807) is 13.2 Å². The number of methoxy groups -OCH3 is 1. The van der Waals surface area contributed by atoms with Crippen LogP contribution in [0.3, 0.4) is 0 Å². The van der Waals surface area contributed by atoms with Crippen molar-refractivity contribution < 1.29 is 9.84 Å². The van der Waals surface area contributed by atoms with E-state index in [-0.39, 0.29) is 12.6 Å². The van der Waals surface area contributed by atoms with E-state index in [9.17, 15) is 5.11 Å². The SMILES string of the molecule is COc1cc(C#N)ccc1CN1CCCC(C)C1CO. The number of rotatable bonds is 4. The first-order valence-electron chi connectivity index (χ1n) is 7.11. The van der Waals surface area contributed by atoms with E-state index < -0.39 is 0 Å². The van der Waals surface area contributed by atoms with Crippen LogP contribution in [0.1, 0.15) is 30.9 Å². The van der Waals surface area contributed by atoms with Gasteiger partial charge in [0.1, 0.15) is 5.75 Å². The first-order valence-corrected chi connectivity index (χ1v) is 7.11. The Morgan fingerprint density at radius 2 is 2.30 bits per heavy atom. The molecular weight excluding hydrogens is 252 g/mol. The highest BCUT2D eigenvalue weighted by atomic mass is 16.5. The van der Waals surface area contributed by atoms with E-state index in [1.165, 1.54) is 6.42 Å². The monoisotopic (exact) mass is 274 g/mol. The molecule has 0 aliphatic carbocycles. The molecule has 2 rings (SSSR count). The summed E-state index contributed by atoms with van der Waals surface area (Å²) >= 11 is 0. The number of ether oxygens (including phenoxy) is 1. The molecule has 1 aliphatic heterocycles. The zero-order valence-electron chi connectivity index (χ0n) is 12.2. The molecule has 20 heavy (non-hydrogen) atoms. The minimum atomic E-state index is 0.194. The van der Waals surface area contributed by atoms with Crippen molar-refractivity contribution in [2.24, 2.45) is 5.92 Å². The Labute approximate surface area is 120 Å². The molecule has 4 nitrogen and oxygen atoms in total. The fraction of sp³-hybridized carbons (Fsp3) is 0.562. The van der Waals surface area contributed by atoms with Crippen molar-refractivity contribution >= 4 is 0 Å². The summed E-state index contributed by atoms with van der Waals surface area (Å²) in [5.41, 5.74) is 1.68. The molecule has 1 aromatic rings. The summed E-state index contributed by atoms with van der Waals surface area (Å²) in [6, 6.07) is 7.88. The van der Waals surface area contributed by atoms with Crippen LogP contribution < -0.4 is 4.74 Å². The number of likely N-dealkylation sites (tertiary alicyclic amines) is 1. The molecule has 1 aliphatic rings. The Kier molecular flexibility index (Phi) is 4.99. The van der Waals surface area contributed by atoms with E-state index in [1.807, 2.05) is 12.1 Å². The number of piperidine rings is 1. The van der Waals surface area contributed by atoms with E-state index in [4.69, 9.17) is 10.00 Å². The quantitative estimate of drug-likeness (QED) is 0.914. The second-order valence-corrected chi connectivity index (χ2v) is 5.48. The molecule has 4 heteroatoms. The number of benzene rings is 1. The minimum Gasteiger partial charge on any atom is -0.496 e. The highest BCUT2D eigenvalue weighted by Gasteiger charge is 2.28. The van der Waals surface area contributed by atoms with Crippen LogP contribution in [0.4, 0.5) is 0 Å². The molecule has 1 heterocycles. The smallest absolute Gasteiger partial charge is 0.124 e. The highest BCUT2D eigenvalue weighted by Crippen LogP contribution is 2.28. The molecule has 1 N–H and O–H groups in total. The van der Waals surface area contributed by atoms with E-state index in [2.05, 4.69) is 17.9 Å². The molecule has 1 saturated heterocycles. The average Bonchev–Trinajstić information content (AvgIpc) is 2.48. The van der Waals surface area contributed by atoms with Gasteiger partial charge in [0, 0.05) is 18.2 Å². The van der Waals surface area contributed by atoms with Crippen LogP contribution in [-0.2, 0) is 6.54 Å². The van der Waals surface area contributed by atoms with Crippen molar-refractivity contribution in [3.63, 3.8) is 0 Å². The molecule has 0 bridgehead atoms. The molecule has 108 valence electrons. The lowest BCUT2D eigenvalue weighted by Crippen LogP contribution is -2.46. The number of nitrogens with zero attached hydrogens (tertiary/aromatic N) is 2. The highest BCUT2D eigenvalue weighted by molar-refractivity contribution is 5.42. The first kappa shape index (κ1) is 14.8. The Morgan fingerprint density at radius 3 is 2.95 bits per heavy atom. The van der Waals surface area contributed by atoms with Gasteiger partial charge in [-0.2, -0.15) is 5.26 Å². The van der Waals surface area contributed by atoms with Crippen LogP contribution in [0, 0.1) is 17.2 Å². The van der Waals surface area contributed by atoms with Crippen molar-refractivity contribution in [2.75, 3.05) is 20.3 Å². The summed E-state index contributed by atoms with van der Waals surface area (Å²) in [6.07, 6.45) is 2.34. The van der Waals surface area contributed by atoms with Crippen molar-refractivity contribution in [1.29, 1.82) is 5.26 Å². The predicted molar refractivity (Wildman–Crippen MR) is 77.4 cm³/mol. The van der Waals surface area contributed by atoms with E-state index in [0.717, 1.165) is 30.8 Å². The predicted octanol–water partition coefficient (Wildman–Crippen LogP) is 2.16. The summed E-state index contributed by atoms with van der Waals surface area (Å²) in [5.74, 6) is 1.26. The van der Waals surface area contributed by atoms with Gasteiger partial charge in [-0.05, 0) is 37.4 Å². The zero-order valence-corrected chi connectivity index (χ0v) is 12.2. The average molecular weight is 274 g/mol. The molecule has 0 spiro atoms. The van der Waals surface area contributed by atoms with Gasteiger partial charge < -0.3 is 9.84 Å². The van der Waals surface area contributed by atoms with Gasteiger partial charge in [-0.3, -0.25) is 4.90 Å². The number of nitriles is 1. The summed E-state index contributed by atoms with van der Waals surface area (Å²) in [7, 11) is 1.63. The zero-order chi connectivity index (χ0) is 14.5. The lowest BCUT2D eigenvalue weighted by molar-refractivity contribution is 0.0467. The van der Waals surface area contributed by atoms with Crippen molar-refractivity contribution in [3.05, 3.63) is 29.3 Å². The Balaban J connectivity index is 2.18. The van der Waals surface area contributed by atoms with Gasteiger partial charge in [-0.25, -0.2) is 0 Å². The fourth-order valence-electron chi connectivity index (χ4n) is 2.99. The van der Waals surface area contributed by atoms with Crippen LogP contribution in [-0.4, -0.2) is 36.3 Å². The maximum Gasteiger partial charge on any atom is 0.124 e. The largest absolute Gasteiger partial charge is 0.496 e. The van der Waals surface area contributed by atoms with Gasteiger partial charge in [0.25, 0.3) is 0 Å². The lowest BCUT2D eigenvalue weighted by atomic mass is 9.91. The normalized spacial score (nSPS) is 23.3. The number of aliphatic hydroxyl groups is 1. The van der Waals surface area contributed by atoms with E-state index in [0.29, 0.717) is 11.5 Å². The molecular formula is C16H22N2O2. The Hall–Kier alpha value is -1.57. The van der Waals surface area contributed by atoms with Crippen LogP contribution in [0.15, 0.2) is 18.2 Å². The Bertz CT molecular complexity index is 496. The fourth-order valence-corrected chi connectivity index (χ4v) is 2.99. The molecule has 0 saturated carbocycles. The van der Waals surface area contributed by atoms with Crippen molar-refractivity contribution in [1.82, 2.24) is 4.90 Å². The molecule has 0 radical (unpaired) electrons. The number of aliphatic hydroxyl groups excluding tert-OH is 1. The van der Waals surface area contributed by atoms with Crippen LogP contribution in [0.2, 0.25) is 0 Å². The lowest BCUT2D eigenvalue weighted by Gasteiger charge is -2.39. The van der Waals surface area contributed by atoms with Gasteiger partial charge in [-0.1, -0.05) is 13.0 Å². The van der Waals surface area contributed by atoms with E-state index >= 15 is 0 Å². The Morgan fingerprint density at radius 1 is 1.50 bits per heavy atom. The third-order valence-electron chi connectivity index (χ3n) is 4.21. The number of hydrogen-bond acceptors (Lipinski definition) is 4. The first-order chi connectivity index (χ1) is 9.69. The van der Waals surface area contributed by atoms with Gasteiger partial charge >= 0.3 is 0 Å². The van der Waals surface area contributed by atoms with Gasteiger partial charge in [0.2, 0.25) is 0 Å². The third-order valence-corrected chi connectivity index (χ3v) is 4.21. The molecule has 2 atom stereocenters. The van der Waals surface area contributed by atoms with Crippen LogP contribution >= 0.6 is 0 Å². The van der Waals surface area contributed by atoms with Crippen molar-refractivity contribution in [3.8, 4) is 11.8 Å². The van der Waals surface area contributed by atoms with Crippen LogP contribution in [0.25, 0.3) is 0 Å². The van der Waals surface area contributed by atoms with Gasteiger partial charge in [0.15, 0.2) is 0 Å². The third kappa shape index (κ3) is 3.12. The topological polar surface area (TPSA) is 56.5 Å². The summed E-state index contributed by atoms with van der Waals surface area (Å²) < 4.78 is 5.38. The van der Waals surface area contributed by atoms with Gasteiger partial charge in [0.05, 0.1) is 25.3 Å². The summed E-state index contributed by atoms with van der Waals surface area (Å²) in [6.45, 7) is 4.14. The maximum absolute atomic E-state index is 9.60. The molecule has 0 aromatic heterocycles. The van der Waals surface area contributed by atoms with Crippen LogP contribution in [0.5, 0.6) is 5.75 Å².